The molecule has 0 radical (unpaired) electrons. The number of ketones is 1. The van der Waals surface area contributed by atoms with E-state index in [4.69, 9.17) is 0 Å². The Balaban J connectivity index is 1.48. The van der Waals surface area contributed by atoms with Gasteiger partial charge in [-0.25, -0.2) is 0 Å². The third-order valence-electron chi connectivity index (χ3n) is 5.71. The third-order valence-corrected chi connectivity index (χ3v) is 5.71. The summed E-state index contributed by atoms with van der Waals surface area (Å²) in [5.41, 5.74) is 5.67. The van der Waals surface area contributed by atoms with Crippen molar-refractivity contribution < 1.29 is 9.59 Å². The minimum absolute atomic E-state index is 0.0321. The molecular weight excluding hydrogens is 350 g/mol. The fourth-order valence-electron chi connectivity index (χ4n) is 4.38. The zero-order valence-corrected chi connectivity index (χ0v) is 15.7. The van der Waals surface area contributed by atoms with Crippen LogP contribution in [0, 0.1) is 5.92 Å². The van der Waals surface area contributed by atoms with Gasteiger partial charge >= 0.3 is 0 Å². The number of nitrogens with one attached hydrogen (secondary N) is 1. The highest BCUT2D eigenvalue weighted by molar-refractivity contribution is 6.22. The van der Waals surface area contributed by atoms with E-state index in [0.717, 1.165) is 39.0 Å². The Kier molecular flexibility index (Phi) is 3.90. The number of hydrogen-bond donors (Lipinski definition) is 1. The van der Waals surface area contributed by atoms with Crippen LogP contribution in [0.4, 0.5) is 0 Å². The number of nitrogens with zero attached hydrogens (tertiary/aromatic N) is 2. The van der Waals surface area contributed by atoms with E-state index < -0.39 is 0 Å². The first-order valence-electron chi connectivity index (χ1n) is 9.65. The number of aromatic nitrogens is 1. The summed E-state index contributed by atoms with van der Waals surface area (Å²) in [4.78, 5) is 35.5. The highest BCUT2D eigenvalue weighted by Gasteiger charge is 2.33. The molecule has 5 nitrogen and oxygen atoms in total. The van der Waals surface area contributed by atoms with Crippen molar-refractivity contribution in [1.82, 2.24) is 9.88 Å². The van der Waals surface area contributed by atoms with Crippen molar-refractivity contribution in [2.24, 2.45) is 10.9 Å². The quantitative estimate of drug-likeness (QED) is 0.767. The zero-order valence-electron chi connectivity index (χ0n) is 15.7. The van der Waals surface area contributed by atoms with Gasteiger partial charge in [-0.05, 0) is 18.1 Å². The van der Waals surface area contributed by atoms with Gasteiger partial charge < -0.3 is 9.88 Å². The first kappa shape index (κ1) is 16.9. The number of carbonyl (C=O) groups excluding carboxylic acids is 2. The third kappa shape index (κ3) is 2.66. The first-order chi connectivity index (χ1) is 13.6. The fourth-order valence-corrected chi connectivity index (χ4v) is 4.38. The SMILES string of the molecule is C[C@H](Cc1ccccc1)C(=O)N1CC2=NCC(=O)c3cccc4[nH]c(c2c34)C1. The van der Waals surface area contributed by atoms with Crippen LogP contribution < -0.4 is 0 Å². The highest BCUT2D eigenvalue weighted by atomic mass is 16.2. The maximum atomic E-state index is 13.1. The number of H-pyrrole nitrogens is 1. The van der Waals surface area contributed by atoms with Gasteiger partial charge in [-0.15, -0.1) is 0 Å². The molecule has 0 unspecified atom stereocenters. The predicted molar refractivity (Wildman–Crippen MR) is 109 cm³/mol. The summed E-state index contributed by atoms with van der Waals surface area (Å²) >= 11 is 0. The molecule has 2 aliphatic heterocycles. The van der Waals surface area contributed by atoms with E-state index in [2.05, 4.69) is 22.1 Å². The molecule has 0 fully saturated rings. The van der Waals surface area contributed by atoms with Gasteiger partial charge in [-0.3, -0.25) is 14.6 Å². The van der Waals surface area contributed by atoms with Gasteiger partial charge in [0.2, 0.25) is 5.91 Å². The van der Waals surface area contributed by atoms with Gasteiger partial charge in [0.1, 0.15) is 6.54 Å². The smallest absolute Gasteiger partial charge is 0.226 e. The molecular formula is C23H21N3O2. The van der Waals surface area contributed by atoms with E-state index >= 15 is 0 Å². The van der Waals surface area contributed by atoms with E-state index in [1.54, 1.807) is 0 Å². The van der Waals surface area contributed by atoms with E-state index in [-0.39, 0.29) is 24.2 Å². The van der Waals surface area contributed by atoms with Gasteiger partial charge in [0, 0.05) is 33.6 Å². The Morgan fingerprint density at radius 2 is 1.96 bits per heavy atom. The van der Waals surface area contributed by atoms with Crippen LogP contribution in [0.15, 0.2) is 53.5 Å². The molecule has 0 aliphatic carbocycles. The minimum atomic E-state index is -0.114. The maximum absolute atomic E-state index is 13.1. The second kappa shape index (κ2) is 6.44. The van der Waals surface area contributed by atoms with Crippen LogP contribution in [-0.2, 0) is 17.8 Å². The Morgan fingerprint density at radius 3 is 2.79 bits per heavy atom. The van der Waals surface area contributed by atoms with Crippen LogP contribution in [-0.4, -0.2) is 40.4 Å². The Labute approximate surface area is 163 Å². The van der Waals surface area contributed by atoms with Crippen molar-refractivity contribution in [2.45, 2.75) is 19.9 Å². The van der Waals surface area contributed by atoms with Crippen LogP contribution in [0.3, 0.4) is 0 Å². The number of benzene rings is 2. The number of aromatic amines is 1. The van der Waals surface area contributed by atoms with Gasteiger partial charge in [-0.2, -0.15) is 0 Å². The summed E-state index contributed by atoms with van der Waals surface area (Å²) in [6.07, 6.45) is 0.713. The highest BCUT2D eigenvalue weighted by Crippen LogP contribution is 2.33. The summed E-state index contributed by atoms with van der Waals surface area (Å²) in [5, 5.41) is 0.961. The molecule has 0 saturated carbocycles. The lowest BCUT2D eigenvalue weighted by molar-refractivity contribution is -0.135. The van der Waals surface area contributed by atoms with Crippen LogP contribution in [0.2, 0.25) is 0 Å². The summed E-state index contributed by atoms with van der Waals surface area (Å²) in [7, 11) is 0. The average Bonchev–Trinajstić information content (AvgIpc) is 3.03. The first-order valence-corrected chi connectivity index (χ1v) is 9.65. The van der Waals surface area contributed by atoms with E-state index in [0.29, 0.717) is 19.5 Å². The molecule has 3 aromatic rings. The standard InChI is InChI=1S/C23H21N3O2/c1-14(10-15-6-3-2-4-7-15)23(28)26-12-18-22-19(13-26)25-17-9-5-8-16(21(17)22)20(27)11-24-18/h2-9,14,25H,10-13H2,1H3/t14-/m1/s1. The van der Waals surface area contributed by atoms with Gasteiger partial charge in [0.05, 0.1) is 18.8 Å². The normalized spacial score (nSPS) is 16.7. The fraction of sp³-hybridized carbons (Fsp3) is 0.261. The molecule has 5 heteroatoms. The van der Waals surface area contributed by atoms with Crippen LogP contribution in [0.5, 0.6) is 0 Å². The largest absolute Gasteiger partial charge is 0.356 e. The molecule has 28 heavy (non-hydrogen) atoms. The number of amides is 1. The molecule has 2 aromatic carbocycles. The van der Waals surface area contributed by atoms with Crippen molar-refractivity contribution >= 4 is 28.3 Å². The molecule has 1 N–H and O–H groups in total. The molecule has 1 amide bonds. The molecule has 1 atom stereocenters. The van der Waals surface area contributed by atoms with Crippen molar-refractivity contribution in [3.05, 3.63) is 70.9 Å². The lowest BCUT2D eigenvalue weighted by atomic mass is 9.95. The number of Topliss-reactive ketones (excluding diaryl/α,β-unsaturated/α-hetero) is 1. The Morgan fingerprint density at radius 1 is 1.14 bits per heavy atom. The lowest BCUT2D eigenvalue weighted by Gasteiger charge is -2.30. The second-order valence-electron chi connectivity index (χ2n) is 7.68. The van der Waals surface area contributed by atoms with E-state index in [1.165, 1.54) is 0 Å². The molecule has 0 bridgehead atoms. The Bertz CT molecular complexity index is 1130. The summed E-state index contributed by atoms with van der Waals surface area (Å²) < 4.78 is 0. The monoisotopic (exact) mass is 371 g/mol. The molecule has 5 rings (SSSR count). The molecule has 1 aromatic heterocycles. The number of carbonyl (C=O) groups is 2. The number of hydrogen-bond acceptors (Lipinski definition) is 3. The Hall–Kier alpha value is -3.21. The van der Waals surface area contributed by atoms with Crippen molar-refractivity contribution in [2.75, 3.05) is 13.1 Å². The van der Waals surface area contributed by atoms with Crippen LogP contribution in [0.1, 0.15) is 34.1 Å². The topological polar surface area (TPSA) is 65.5 Å². The maximum Gasteiger partial charge on any atom is 0.226 e. The molecule has 0 saturated heterocycles. The zero-order chi connectivity index (χ0) is 19.3. The van der Waals surface area contributed by atoms with E-state index in [1.807, 2.05) is 48.2 Å². The minimum Gasteiger partial charge on any atom is -0.356 e. The second-order valence-corrected chi connectivity index (χ2v) is 7.68. The van der Waals surface area contributed by atoms with Crippen molar-refractivity contribution in [1.29, 1.82) is 0 Å². The molecule has 0 spiro atoms. The predicted octanol–water partition coefficient (Wildman–Crippen LogP) is 3.37. The summed E-state index contributed by atoms with van der Waals surface area (Å²) in [5.74, 6) is 0.0353. The average molecular weight is 371 g/mol. The summed E-state index contributed by atoms with van der Waals surface area (Å²) in [6, 6.07) is 15.8. The van der Waals surface area contributed by atoms with Crippen LogP contribution in [0.25, 0.3) is 10.9 Å². The van der Waals surface area contributed by atoms with Gasteiger partial charge in [0.15, 0.2) is 5.78 Å². The lowest BCUT2D eigenvalue weighted by Crippen LogP contribution is -2.42. The summed E-state index contributed by atoms with van der Waals surface area (Å²) in [6.45, 7) is 3.10. The van der Waals surface area contributed by atoms with Gasteiger partial charge in [0.25, 0.3) is 0 Å². The van der Waals surface area contributed by atoms with Crippen molar-refractivity contribution in [3.8, 4) is 0 Å². The van der Waals surface area contributed by atoms with E-state index in [9.17, 15) is 9.59 Å². The van der Waals surface area contributed by atoms with Crippen molar-refractivity contribution in [3.63, 3.8) is 0 Å². The molecule has 3 heterocycles. The molecule has 2 aliphatic rings. The molecule has 140 valence electrons. The van der Waals surface area contributed by atoms with Gasteiger partial charge in [-0.1, -0.05) is 49.4 Å². The number of aliphatic imine (C=N–C) groups is 1. The van der Waals surface area contributed by atoms with Crippen LogP contribution >= 0.6 is 0 Å². The number of rotatable bonds is 3.